The molecule has 0 amide bonds. The number of anilines is 1. The van der Waals surface area contributed by atoms with Gasteiger partial charge in [0, 0.05) is 29.6 Å². The van der Waals surface area contributed by atoms with Gasteiger partial charge in [0.15, 0.2) is 5.82 Å². The second kappa shape index (κ2) is 6.86. The average Bonchev–Trinajstić information content (AvgIpc) is 3.13. The Bertz CT molecular complexity index is 1130. The maximum absolute atomic E-state index is 4.94. The molecular formula is C24H26N4. The summed E-state index contributed by atoms with van der Waals surface area (Å²) in [5.41, 5.74) is 9.11. The molecule has 0 spiro atoms. The van der Waals surface area contributed by atoms with E-state index in [4.69, 9.17) is 5.10 Å². The summed E-state index contributed by atoms with van der Waals surface area (Å²) in [6, 6.07) is 17.2. The molecule has 0 atom stereocenters. The molecule has 5 rings (SSSR count). The Morgan fingerprint density at radius 2 is 1.86 bits per heavy atom. The standard InChI is InChI=1S/C24H26N4/c1-17-11-12-20(14-18(17)2)25-15-23-26-28-16-22(19-8-4-3-5-9-19)21-10-6-7-13-27(23)24(21)28/h3-5,8-9,11-12,14,16,25H,6-7,10,13,15H2,1-2H3. The first-order chi connectivity index (χ1) is 13.7. The van der Waals surface area contributed by atoms with Crippen LogP contribution in [0.2, 0.25) is 0 Å². The number of benzene rings is 2. The number of nitrogens with one attached hydrogen (secondary N) is 1. The van der Waals surface area contributed by atoms with E-state index in [2.05, 4.69) is 83.0 Å². The number of hydrogen-bond acceptors (Lipinski definition) is 2. The molecule has 4 nitrogen and oxygen atoms in total. The highest BCUT2D eigenvalue weighted by Crippen LogP contribution is 2.32. The predicted octanol–water partition coefficient (Wildman–Crippen LogP) is 5.37. The third-order valence-corrected chi connectivity index (χ3v) is 5.95. The van der Waals surface area contributed by atoms with E-state index in [1.807, 2.05) is 0 Å². The van der Waals surface area contributed by atoms with Crippen LogP contribution in [0.5, 0.6) is 0 Å². The van der Waals surface area contributed by atoms with Gasteiger partial charge in [-0.25, -0.2) is 4.52 Å². The SMILES string of the molecule is Cc1ccc(NCc2nn3cc(-c4ccccc4)c4c3n2CCCC4)cc1C. The highest BCUT2D eigenvalue weighted by molar-refractivity contribution is 5.75. The second-order valence-electron chi connectivity index (χ2n) is 7.83. The number of aromatic nitrogens is 3. The zero-order chi connectivity index (χ0) is 19.1. The zero-order valence-electron chi connectivity index (χ0n) is 16.6. The van der Waals surface area contributed by atoms with Gasteiger partial charge in [-0.1, -0.05) is 36.4 Å². The van der Waals surface area contributed by atoms with Crippen molar-refractivity contribution in [2.24, 2.45) is 0 Å². The fourth-order valence-corrected chi connectivity index (χ4v) is 4.27. The van der Waals surface area contributed by atoms with Crippen molar-refractivity contribution in [3.63, 3.8) is 0 Å². The van der Waals surface area contributed by atoms with Crippen molar-refractivity contribution in [2.45, 2.75) is 46.2 Å². The van der Waals surface area contributed by atoms with Crippen molar-refractivity contribution >= 4 is 11.3 Å². The fourth-order valence-electron chi connectivity index (χ4n) is 4.27. The van der Waals surface area contributed by atoms with Crippen LogP contribution in [0.4, 0.5) is 5.69 Å². The van der Waals surface area contributed by atoms with E-state index in [0.29, 0.717) is 0 Å². The van der Waals surface area contributed by atoms with Crippen molar-refractivity contribution in [1.82, 2.24) is 14.2 Å². The summed E-state index contributed by atoms with van der Waals surface area (Å²) in [5.74, 6) is 1.11. The lowest BCUT2D eigenvalue weighted by atomic mass is 10.0. The summed E-state index contributed by atoms with van der Waals surface area (Å²) in [6.07, 6.45) is 5.76. The quantitative estimate of drug-likeness (QED) is 0.524. The van der Waals surface area contributed by atoms with Gasteiger partial charge in [-0.05, 0) is 61.9 Å². The normalized spacial score (nSPS) is 13.6. The minimum atomic E-state index is 0.740. The molecule has 4 aromatic rings. The summed E-state index contributed by atoms with van der Waals surface area (Å²) in [6.45, 7) is 6.09. The fraction of sp³-hybridized carbons (Fsp3) is 0.292. The Hall–Kier alpha value is -3.01. The molecule has 0 aliphatic carbocycles. The number of nitrogens with zero attached hydrogens (tertiary/aromatic N) is 3. The van der Waals surface area contributed by atoms with E-state index in [0.717, 1.165) is 31.0 Å². The van der Waals surface area contributed by atoms with Crippen molar-refractivity contribution in [1.29, 1.82) is 0 Å². The van der Waals surface area contributed by atoms with E-state index in [1.165, 1.54) is 46.3 Å². The van der Waals surface area contributed by atoms with Crippen LogP contribution in [0.3, 0.4) is 0 Å². The van der Waals surface area contributed by atoms with Crippen LogP contribution < -0.4 is 5.32 Å². The van der Waals surface area contributed by atoms with Gasteiger partial charge in [0.2, 0.25) is 0 Å². The van der Waals surface area contributed by atoms with Crippen molar-refractivity contribution in [3.8, 4) is 11.1 Å². The second-order valence-corrected chi connectivity index (χ2v) is 7.83. The number of hydrogen-bond donors (Lipinski definition) is 1. The molecule has 1 aliphatic rings. The largest absolute Gasteiger partial charge is 0.378 e. The van der Waals surface area contributed by atoms with E-state index in [-0.39, 0.29) is 0 Å². The van der Waals surface area contributed by atoms with E-state index < -0.39 is 0 Å². The zero-order valence-corrected chi connectivity index (χ0v) is 16.6. The first-order valence-corrected chi connectivity index (χ1v) is 10.2. The van der Waals surface area contributed by atoms with Crippen LogP contribution >= 0.6 is 0 Å². The van der Waals surface area contributed by atoms with Gasteiger partial charge >= 0.3 is 0 Å². The third kappa shape index (κ3) is 2.89. The summed E-state index contributed by atoms with van der Waals surface area (Å²) in [5, 5.41) is 8.51. The van der Waals surface area contributed by atoms with Gasteiger partial charge in [-0.3, -0.25) is 0 Å². The topological polar surface area (TPSA) is 34.3 Å². The lowest BCUT2D eigenvalue weighted by molar-refractivity contribution is 0.619. The summed E-state index contributed by atoms with van der Waals surface area (Å²) in [4.78, 5) is 0. The first kappa shape index (κ1) is 17.1. The Morgan fingerprint density at radius 3 is 2.68 bits per heavy atom. The molecule has 0 saturated heterocycles. The maximum Gasteiger partial charge on any atom is 0.150 e. The highest BCUT2D eigenvalue weighted by atomic mass is 15.4. The lowest BCUT2D eigenvalue weighted by Crippen LogP contribution is -2.09. The van der Waals surface area contributed by atoms with E-state index in [1.54, 1.807) is 0 Å². The Labute approximate surface area is 165 Å². The van der Waals surface area contributed by atoms with E-state index >= 15 is 0 Å². The lowest BCUT2D eigenvalue weighted by Gasteiger charge is -2.10. The maximum atomic E-state index is 4.94. The Kier molecular flexibility index (Phi) is 4.19. The molecular weight excluding hydrogens is 344 g/mol. The molecule has 0 unspecified atom stereocenters. The van der Waals surface area contributed by atoms with E-state index in [9.17, 15) is 0 Å². The predicted molar refractivity (Wildman–Crippen MR) is 115 cm³/mol. The monoisotopic (exact) mass is 370 g/mol. The summed E-state index contributed by atoms with van der Waals surface area (Å²) < 4.78 is 4.52. The third-order valence-electron chi connectivity index (χ3n) is 5.95. The van der Waals surface area contributed by atoms with Crippen LogP contribution in [0.25, 0.3) is 16.8 Å². The van der Waals surface area contributed by atoms with Crippen molar-refractivity contribution in [2.75, 3.05) is 5.32 Å². The number of aryl methyl sites for hydroxylation is 4. The van der Waals surface area contributed by atoms with Crippen LogP contribution in [-0.2, 0) is 19.5 Å². The Morgan fingerprint density at radius 1 is 1.00 bits per heavy atom. The molecule has 0 radical (unpaired) electrons. The van der Waals surface area contributed by atoms with Crippen molar-refractivity contribution < 1.29 is 0 Å². The molecule has 1 N–H and O–H groups in total. The van der Waals surface area contributed by atoms with Gasteiger partial charge in [-0.15, -0.1) is 0 Å². The molecule has 0 fully saturated rings. The average molecular weight is 371 g/mol. The number of rotatable bonds is 4. The summed E-state index contributed by atoms with van der Waals surface area (Å²) >= 11 is 0. The first-order valence-electron chi connectivity index (χ1n) is 10.2. The summed E-state index contributed by atoms with van der Waals surface area (Å²) in [7, 11) is 0. The molecule has 2 aromatic carbocycles. The molecule has 2 aromatic heterocycles. The van der Waals surface area contributed by atoms with Gasteiger partial charge < -0.3 is 9.88 Å². The minimum Gasteiger partial charge on any atom is -0.378 e. The molecule has 0 saturated carbocycles. The molecule has 4 heteroatoms. The smallest absolute Gasteiger partial charge is 0.150 e. The van der Waals surface area contributed by atoms with Crippen LogP contribution in [0.1, 0.15) is 35.4 Å². The molecule has 142 valence electrons. The van der Waals surface area contributed by atoms with Gasteiger partial charge in [0.05, 0.1) is 6.54 Å². The molecule has 0 bridgehead atoms. The minimum absolute atomic E-state index is 0.740. The van der Waals surface area contributed by atoms with Crippen molar-refractivity contribution in [3.05, 3.63) is 77.2 Å². The van der Waals surface area contributed by atoms with Crippen LogP contribution in [0.15, 0.2) is 54.7 Å². The van der Waals surface area contributed by atoms with Gasteiger partial charge in [-0.2, -0.15) is 5.10 Å². The molecule has 28 heavy (non-hydrogen) atoms. The molecule has 3 heterocycles. The van der Waals surface area contributed by atoms with Crippen LogP contribution in [-0.4, -0.2) is 14.2 Å². The molecule has 1 aliphatic heterocycles. The van der Waals surface area contributed by atoms with Gasteiger partial charge in [0.1, 0.15) is 5.65 Å². The highest BCUT2D eigenvalue weighted by Gasteiger charge is 2.22. The van der Waals surface area contributed by atoms with Gasteiger partial charge in [0.25, 0.3) is 0 Å². The van der Waals surface area contributed by atoms with Crippen LogP contribution in [0, 0.1) is 13.8 Å². The Balaban J connectivity index is 1.51.